The highest BCUT2D eigenvalue weighted by Gasteiger charge is 2.49. The van der Waals surface area contributed by atoms with E-state index in [1.807, 2.05) is 50.7 Å². The molecule has 2 atom stereocenters. The Morgan fingerprint density at radius 1 is 0.577 bits per heavy atom. The number of fused-ring (bicyclic) bond motifs is 1. The Kier molecular flexibility index (Phi) is 12.1. The van der Waals surface area contributed by atoms with Gasteiger partial charge in [0, 0.05) is 27.7 Å². The fraction of sp³-hybridized carbons (Fsp3) is 0.435. The van der Waals surface area contributed by atoms with Gasteiger partial charge >= 0.3 is 0 Å². The molecule has 6 rings (SSSR count). The smallest absolute Gasteiger partial charge is 0.261 e. The predicted molar refractivity (Wildman–Crippen MR) is 222 cm³/mol. The average Bonchev–Trinajstić information content (AvgIpc) is 3.84. The number of benzene rings is 2. The van der Waals surface area contributed by atoms with Crippen molar-refractivity contribution in [2.24, 2.45) is 11.8 Å². The lowest BCUT2D eigenvalue weighted by molar-refractivity contribution is -0.124. The van der Waals surface area contributed by atoms with Crippen molar-refractivity contribution in [1.29, 1.82) is 0 Å². The normalized spacial score (nSPS) is 15.8. The summed E-state index contributed by atoms with van der Waals surface area (Å²) in [6, 6.07) is 18.8. The van der Waals surface area contributed by atoms with Crippen LogP contribution in [-0.4, -0.2) is 34.7 Å². The molecule has 4 aromatic rings. The summed E-state index contributed by atoms with van der Waals surface area (Å²) in [5, 5.41) is 2.26. The van der Waals surface area contributed by atoms with E-state index in [4.69, 9.17) is 0 Å². The van der Waals surface area contributed by atoms with Crippen LogP contribution in [0.4, 0.5) is 0 Å². The Morgan fingerprint density at radius 2 is 1.06 bits per heavy atom. The first-order valence-electron chi connectivity index (χ1n) is 19.6. The van der Waals surface area contributed by atoms with Gasteiger partial charge in [-0.1, -0.05) is 121 Å². The maximum Gasteiger partial charge on any atom is 0.261 e. The van der Waals surface area contributed by atoms with Crippen molar-refractivity contribution in [1.82, 2.24) is 9.80 Å². The lowest BCUT2D eigenvalue weighted by Gasteiger charge is -2.29. The number of carbonyl (C=O) groups is 2. The number of hydrogen-bond donors (Lipinski definition) is 0. The lowest BCUT2D eigenvalue weighted by Crippen LogP contribution is -2.34. The zero-order chi connectivity index (χ0) is 37.1. The first kappa shape index (κ1) is 38.0. The molecule has 2 aliphatic heterocycles. The second kappa shape index (κ2) is 16.5. The molecule has 0 spiro atoms. The number of nitrogens with zero attached hydrogens (tertiary/aromatic N) is 2. The van der Waals surface area contributed by atoms with Crippen LogP contribution in [0.15, 0.2) is 71.1 Å². The zero-order valence-corrected chi connectivity index (χ0v) is 34.2. The summed E-state index contributed by atoms with van der Waals surface area (Å²) in [4.78, 5) is 37.7. The minimum atomic E-state index is -0.0312. The van der Waals surface area contributed by atoms with E-state index in [0.29, 0.717) is 36.1 Å². The van der Waals surface area contributed by atoms with Crippen LogP contribution < -0.4 is 0 Å². The Labute approximate surface area is 320 Å². The molecule has 2 aliphatic rings. The first-order valence-corrected chi connectivity index (χ1v) is 21.3. The fourth-order valence-electron chi connectivity index (χ4n) is 7.89. The van der Waals surface area contributed by atoms with Gasteiger partial charge in [0.2, 0.25) is 0 Å². The summed E-state index contributed by atoms with van der Waals surface area (Å²) in [6.07, 6.45) is 8.67. The standard InChI is InChI=1S/C46H56N2O2S2/c1-9-13-18-33(11-3)26-47-40(35-20-16-15-17-21-35)38-39(46(47)50)41(48(45(38)49)27-34(12-4)19-14-10-2)36-22-24-37(25-23-36)42-31(7)32(8)44(52-42)43-30(6)29(5)28-51-43/h15-17,20-25,28,33-34H,9-14,18-19,26-27H2,1-8H3. The molecule has 0 bridgehead atoms. The number of aryl methyl sites for hydroxylation is 1. The van der Waals surface area contributed by atoms with Gasteiger partial charge in [0.15, 0.2) is 0 Å². The molecule has 52 heavy (non-hydrogen) atoms. The molecule has 274 valence electrons. The number of unbranched alkanes of at least 4 members (excludes halogenated alkanes) is 2. The van der Waals surface area contributed by atoms with Gasteiger partial charge in [0.05, 0.1) is 22.5 Å². The summed E-state index contributed by atoms with van der Waals surface area (Å²) in [5.74, 6) is 0.676. The summed E-state index contributed by atoms with van der Waals surface area (Å²) in [5.41, 5.74) is 11.1. The molecule has 6 heteroatoms. The molecule has 0 saturated carbocycles. The molecule has 0 fully saturated rings. The van der Waals surface area contributed by atoms with E-state index in [-0.39, 0.29) is 11.8 Å². The van der Waals surface area contributed by atoms with E-state index in [2.05, 4.69) is 97.2 Å². The molecule has 0 saturated heterocycles. The third-order valence-electron chi connectivity index (χ3n) is 11.6. The monoisotopic (exact) mass is 732 g/mol. The van der Waals surface area contributed by atoms with Crippen molar-refractivity contribution < 1.29 is 9.59 Å². The summed E-state index contributed by atoms with van der Waals surface area (Å²) in [6.45, 7) is 19.0. The van der Waals surface area contributed by atoms with Crippen molar-refractivity contribution in [3.8, 4) is 20.2 Å². The van der Waals surface area contributed by atoms with Crippen LogP contribution in [0, 0.1) is 39.5 Å². The fourth-order valence-corrected chi connectivity index (χ4v) is 10.5. The Morgan fingerprint density at radius 3 is 1.52 bits per heavy atom. The van der Waals surface area contributed by atoms with Crippen molar-refractivity contribution >= 4 is 45.9 Å². The molecule has 4 heterocycles. The summed E-state index contributed by atoms with van der Waals surface area (Å²) < 4.78 is 0. The molecule has 2 aromatic heterocycles. The molecule has 4 nitrogen and oxygen atoms in total. The second-order valence-corrected chi connectivity index (χ2v) is 16.8. The van der Waals surface area contributed by atoms with Gasteiger partial charge in [-0.2, -0.15) is 0 Å². The SMILES string of the molecule is CCCCC(CC)CN1C(=O)C2=C(c3ccc(-c4sc(-c5scc(C)c5C)c(C)c4C)cc3)N(CC(CC)CCCC)C(=O)C2=C1c1ccccc1. The minimum Gasteiger partial charge on any atom is -0.307 e. The molecule has 2 unspecified atom stereocenters. The van der Waals surface area contributed by atoms with E-state index >= 15 is 0 Å². The minimum absolute atomic E-state index is 0.0312. The maximum atomic E-state index is 14.9. The highest BCUT2D eigenvalue weighted by atomic mass is 32.1. The Bertz CT molecular complexity index is 1980. The van der Waals surface area contributed by atoms with Crippen LogP contribution in [0.25, 0.3) is 31.6 Å². The number of amides is 2. The molecular formula is C46H56N2O2S2. The Balaban J connectivity index is 1.47. The topological polar surface area (TPSA) is 40.6 Å². The van der Waals surface area contributed by atoms with Gasteiger partial charge in [-0.25, -0.2) is 0 Å². The van der Waals surface area contributed by atoms with Gasteiger partial charge in [-0.05, 0) is 96.7 Å². The summed E-state index contributed by atoms with van der Waals surface area (Å²) >= 11 is 3.71. The van der Waals surface area contributed by atoms with Gasteiger partial charge < -0.3 is 9.80 Å². The van der Waals surface area contributed by atoms with Crippen LogP contribution in [0.1, 0.15) is 112 Å². The van der Waals surface area contributed by atoms with E-state index in [0.717, 1.165) is 73.9 Å². The van der Waals surface area contributed by atoms with Crippen molar-refractivity contribution in [3.63, 3.8) is 0 Å². The number of carbonyl (C=O) groups excluding carboxylic acids is 2. The Hall–Kier alpha value is -3.74. The van der Waals surface area contributed by atoms with Crippen LogP contribution in [0.2, 0.25) is 0 Å². The van der Waals surface area contributed by atoms with E-state index in [1.165, 1.54) is 42.4 Å². The van der Waals surface area contributed by atoms with Crippen LogP contribution in [0.5, 0.6) is 0 Å². The lowest BCUT2D eigenvalue weighted by atomic mass is 9.97. The van der Waals surface area contributed by atoms with Gasteiger partial charge in [-0.3, -0.25) is 9.59 Å². The summed E-state index contributed by atoms with van der Waals surface area (Å²) in [7, 11) is 0. The molecular weight excluding hydrogens is 677 g/mol. The number of thiophene rings is 2. The average molecular weight is 733 g/mol. The second-order valence-electron chi connectivity index (χ2n) is 14.9. The third-order valence-corrected chi connectivity index (χ3v) is 14.4. The van der Waals surface area contributed by atoms with Gasteiger partial charge in [0.25, 0.3) is 11.8 Å². The van der Waals surface area contributed by atoms with Crippen LogP contribution in [-0.2, 0) is 9.59 Å². The molecule has 0 aliphatic carbocycles. The van der Waals surface area contributed by atoms with Crippen molar-refractivity contribution in [2.45, 2.75) is 107 Å². The quantitative estimate of drug-likeness (QED) is 0.115. The largest absolute Gasteiger partial charge is 0.307 e. The van der Waals surface area contributed by atoms with E-state index in [1.54, 1.807) is 0 Å². The van der Waals surface area contributed by atoms with E-state index in [9.17, 15) is 9.59 Å². The molecule has 2 aromatic carbocycles. The molecule has 0 radical (unpaired) electrons. The molecule has 2 amide bonds. The third kappa shape index (κ3) is 7.13. The maximum absolute atomic E-state index is 14.9. The van der Waals surface area contributed by atoms with Crippen molar-refractivity contribution in [2.75, 3.05) is 13.1 Å². The highest BCUT2D eigenvalue weighted by Crippen LogP contribution is 2.49. The van der Waals surface area contributed by atoms with Crippen LogP contribution in [0.3, 0.4) is 0 Å². The highest BCUT2D eigenvalue weighted by molar-refractivity contribution is 7.23. The first-order chi connectivity index (χ1) is 25.1. The van der Waals surface area contributed by atoms with Crippen LogP contribution >= 0.6 is 22.7 Å². The van der Waals surface area contributed by atoms with E-state index < -0.39 is 0 Å². The number of rotatable bonds is 16. The predicted octanol–water partition coefficient (Wildman–Crippen LogP) is 12.6. The van der Waals surface area contributed by atoms with Crippen molar-refractivity contribution in [3.05, 3.63) is 105 Å². The van der Waals surface area contributed by atoms with Gasteiger partial charge in [0.1, 0.15) is 0 Å². The zero-order valence-electron chi connectivity index (χ0n) is 32.5. The molecule has 0 N–H and O–H groups in total. The van der Waals surface area contributed by atoms with Gasteiger partial charge in [-0.15, -0.1) is 22.7 Å². The number of hydrogen-bond acceptors (Lipinski definition) is 4.